The summed E-state index contributed by atoms with van der Waals surface area (Å²) < 4.78 is 0. The number of anilines is 1. The number of aromatic amines is 1. The molecule has 5 heteroatoms. The Hall–Kier alpha value is -2.27. The minimum atomic E-state index is 0.716. The molecular weight excluding hydrogens is 322 g/mol. The first kappa shape index (κ1) is 18.5. The Balaban J connectivity index is 1.82. The lowest BCUT2D eigenvalue weighted by Gasteiger charge is -2.30. The van der Waals surface area contributed by atoms with Crippen LogP contribution in [0.5, 0.6) is 0 Å². The van der Waals surface area contributed by atoms with E-state index in [0.29, 0.717) is 6.67 Å². The quantitative estimate of drug-likeness (QED) is 0.828. The molecule has 1 aromatic carbocycles. The molecule has 0 atom stereocenters. The van der Waals surface area contributed by atoms with Gasteiger partial charge in [-0.1, -0.05) is 44.2 Å². The first-order valence-electron chi connectivity index (χ1n) is 9.61. The number of nitrogens with one attached hydrogen (secondary N) is 1. The molecule has 0 saturated heterocycles. The Bertz CT molecular complexity index is 728. The van der Waals surface area contributed by atoms with E-state index in [1.54, 1.807) is 0 Å². The highest BCUT2D eigenvalue weighted by Crippen LogP contribution is 2.31. The van der Waals surface area contributed by atoms with E-state index in [1.165, 1.54) is 16.9 Å². The average Bonchev–Trinajstić information content (AvgIpc) is 3.11. The Morgan fingerprint density at radius 2 is 1.85 bits per heavy atom. The molecule has 0 aliphatic carbocycles. The maximum absolute atomic E-state index is 4.83. The van der Waals surface area contributed by atoms with E-state index in [1.807, 2.05) is 0 Å². The minimum absolute atomic E-state index is 0.716. The summed E-state index contributed by atoms with van der Waals surface area (Å²) in [5, 5.41) is 0. The van der Waals surface area contributed by atoms with E-state index < -0.39 is 0 Å². The van der Waals surface area contributed by atoms with Gasteiger partial charge in [0.25, 0.3) is 0 Å². The first-order valence-corrected chi connectivity index (χ1v) is 9.61. The van der Waals surface area contributed by atoms with Gasteiger partial charge in [-0.2, -0.15) is 0 Å². The maximum atomic E-state index is 4.83. The lowest BCUT2D eigenvalue weighted by molar-refractivity contribution is 0.300. The third-order valence-electron chi connectivity index (χ3n) is 5.05. The summed E-state index contributed by atoms with van der Waals surface area (Å²) in [7, 11) is 4.13. The molecule has 0 spiro atoms. The Kier molecular flexibility index (Phi) is 5.99. The fraction of sp³-hybridized carbons (Fsp3) is 0.476. The molecule has 1 aliphatic heterocycles. The summed E-state index contributed by atoms with van der Waals surface area (Å²) in [5.74, 6) is 2.25. The zero-order valence-electron chi connectivity index (χ0n) is 16.5. The molecule has 0 radical (unpaired) electrons. The third kappa shape index (κ3) is 3.93. The molecule has 26 heavy (non-hydrogen) atoms. The summed E-state index contributed by atoms with van der Waals surface area (Å²) in [6.07, 6.45) is 1.15. The number of hydrogen-bond donors (Lipinski definition) is 1. The lowest BCUT2D eigenvalue weighted by atomic mass is 10.1. The molecule has 3 rings (SSSR count). The molecule has 1 aliphatic rings. The van der Waals surface area contributed by atoms with Crippen molar-refractivity contribution in [3.8, 4) is 11.3 Å². The number of amidine groups is 1. The van der Waals surface area contributed by atoms with Crippen LogP contribution in [0.4, 0.5) is 5.82 Å². The van der Waals surface area contributed by atoms with Gasteiger partial charge in [-0.05, 0) is 37.7 Å². The number of hydrogen-bond acceptors (Lipinski definition) is 4. The highest BCUT2D eigenvalue weighted by atomic mass is 15.3. The Morgan fingerprint density at radius 3 is 2.50 bits per heavy atom. The number of aromatic nitrogens is 1. The van der Waals surface area contributed by atoms with Crippen molar-refractivity contribution in [3.63, 3.8) is 0 Å². The second kappa shape index (κ2) is 8.41. The number of benzene rings is 1. The van der Waals surface area contributed by atoms with Crippen molar-refractivity contribution < 1.29 is 0 Å². The zero-order valence-corrected chi connectivity index (χ0v) is 16.5. The van der Waals surface area contributed by atoms with E-state index in [2.05, 4.69) is 84.0 Å². The van der Waals surface area contributed by atoms with Crippen LogP contribution < -0.4 is 4.90 Å². The van der Waals surface area contributed by atoms with Crippen LogP contribution >= 0.6 is 0 Å². The average molecular weight is 354 g/mol. The van der Waals surface area contributed by atoms with E-state index in [4.69, 9.17) is 4.99 Å². The molecule has 5 nitrogen and oxygen atoms in total. The predicted molar refractivity (Wildman–Crippen MR) is 111 cm³/mol. The van der Waals surface area contributed by atoms with Gasteiger partial charge in [-0.3, -0.25) is 0 Å². The van der Waals surface area contributed by atoms with Crippen molar-refractivity contribution >= 4 is 11.7 Å². The van der Waals surface area contributed by atoms with Crippen molar-refractivity contribution in [3.05, 3.63) is 42.0 Å². The van der Waals surface area contributed by atoms with Crippen LogP contribution in [0.1, 0.15) is 25.8 Å². The van der Waals surface area contributed by atoms with Gasteiger partial charge in [-0.15, -0.1) is 0 Å². The number of aliphatic imine (C=N–C) groups is 1. The first-order chi connectivity index (χ1) is 12.6. The number of fused-ring (bicyclic) bond motifs is 1. The van der Waals surface area contributed by atoms with Crippen molar-refractivity contribution in [2.45, 2.75) is 20.3 Å². The van der Waals surface area contributed by atoms with Gasteiger partial charge in [0.2, 0.25) is 0 Å². The molecule has 0 saturated carbocycles. The van der Waals surface area contributed by atoms with E-state index in [-0.39, 0.29) is 0 Å². The van der Waals surface area contributed by atoms with Crippen molar-refractivity contribution in [2.75, 3.05) is 51.8 Å². The van der Waals surface area contributed by atoms with Gasteiger partial charge in [0.1, 0.15) is 18.3 Å². The van der Waals surface area contributed by atoms with Crippen LogP contribution in [0.2, 0.25) is 0 Å². The summed E-state index contributed by atoms with van der Waals surface area (Å²) in [5.41, 5.74) is 3.56. The molecule has 0 fully saturated rings. The largest absolute Gasteiger partial charge is 0.362 e. The molecule has 2 aromatic rings. The summed E-state index contributed by atoms with van der Waals surface area (Å²) in [4.78, 5) is 15.4. The Morgan fingerprint density at radius 1 is 1.12 bits per heavy atom. The van der Waals surface area contributed by atoms with Crippen molar-refractivity contribution in [2.24, 2.45) is 4.99 Å². The van der Waals surface area contributed by atoms with Gasteiger partial charge < -0.3 is 19.7 Å². The summed E-state index contributed by atoms with van der Waals surface area (Å²) in [6, 6.07) is 12.7. The SMILES string of the molecule is CCN(CC)CCCN1CN=C(N(C)C)c2cc(-c3ccccc3)[nH]c21. The van der Waals surface area contributed by atoms with Gasteiger partial charge in [0, 0.05) is 26.3 Å². The van der Waals surface area contributed by atoms with Gasteiger partial charge >= 0.3 is 0 Å². The van der Waals surface area contributed by atoms with Crippen LogP contribution in [-0.4, -0.2) is 67.6 Å². The zero-order chi connectivity index (χ0) is 18.5. The smallest absolute Gasteiger partial charge is 0.136 e. The van der Waals surface area contributed by atoms with Crippen LogP contribution in [0, 0.1) is 0 Å². The molecule has 0 amide bonds. The monoisotopic (exact) mass is 353 g/mol. The van der Waals surface area contributed by atoms with Crippen LogP contribution in [0.3, 0.4) is 0 Å². The van der Waals surface area contributed by atoms with Gasteiger partial charge in [-0.25, -0.2) is 4.99 Å². The van der Waals surface area contributed by atoms with Crippen LogP contribution in [0.25, 0.3) is 11.3 Å². The minimum Gasteiger partial charge on any atom is -0.362 e. The fourth-order valence-electron chi connectivity index (χ4n) is 3.53. The highest BCUT2D eigenvalue weighted by Gasteiger charge is 2.24. The van der Waals surface area contributed by atoms with E-state index in [9.17, 15) is 0 Å². The van der Waals surface area contributed by atoms with Crippen molar-refractivity contribution in [1.82, 2.24) is 14.8 Å². The number of nitrogens with zero attached hydrogens (tertiary/aromatic N) is 4. The van der Waals surface area contributed by atoms with E-state index in [0.717, 1.165) is 44.1 Å². The maximum Gasteiger partial charge on any atom is 0.136 e. The number of H-pyrrole nitrogens is 1. The highest BCUT2D eigenvalue weighted by molar-refractivity contribution is 6.05. The second-order valence-corrected chi connectivity index (χ2v) is 6.97. The van der Waals surface area contributed by atoms with Crippen LogP contribution in [0.15, 0.2) is 41.4 Å². The molecule has 0 unspecified atom stereocenters. The summed E-state index contributed by atoms with van der Waals surface area (Å²) >= 11 is 0. The third-order valence-corrected chi connectivity index (χ3v) is 5.05. The molecule has 2 heterocycles. The Labute approximate surface area is 157 Å². The van der Waals surface area contributed by atoms with Crippen molar-refractivity contribution in [1.29, 1.82) is 0 Å². The standard InChI is InChI=1S/C21H31N5/c1-5-25(6-2)13-10-14-26-16-22-20(24(3)4)18-15-19(23-21(18)26)17-11-8-7-9-12-17/h7-9,11-12,15,23H,5-6,10,13-14,16H2,1-4H3. The predicted octanol–water partition coefficient (Wildman–Crippen LogP) is 3.50. The second-order valence-electron chi connectivity index (χ2n) is 6.97. The molecule has 140 valence electrons. The molecular formula is C21H31N5. The number of rotatable bonds is 7. The summed E-state index contributed by atoms with van der Waals surface area (Å²) in [6.45, 7) is 9.56. The van der Waals surface area contributed by atoms with Gasteiger partial charge in [0.15, 0.2) is 0 Å². The normalized spacial score (nSPS) is 13.7. The van der Waals surface area contributed by atoms with Crippen LogP contribution in [-0.2, 0) is 0 Å². The topological polar surface area (TPSA) is 37.9 Å². The fourth-order valence-corrected chi connectivity index (χ4v) is 3.53. The molecule has 1 aromatic heterocycles. The lowest BCUT2D eigenvalue weighted by Crippen LogP contribution is -2.36. The van der Waals surface area contributed by atoms with Gasteiger partial charge in [0.05, 0.1) is 5.56 Å². The van der Waals surface area contributed by atoms with E-state index >= 15 is 0 Å². The molecule has 0 bridgehead atoms. The molecule has 1 N–H and O–H groups in total.